The van der Waals surface area contributed by atoms with E-state index in [0.717, 1.165) is 16.2 Å². The molecule has 1 unspecified atom stereocenters. The summed E-state index contributed by atoms with van der Waals surface area (Å²) in [5.41, 5.74) is 0.762. The quantitative estimate of drug-likeness (QED) is 0.709. The van der Waals surface area contributed by atoms with Gasteiger partial charge in [0.15, 0.2) is 11.5 Å². The van der Waals surface area contributed by atoms with Crippen molar-refractivity contribution in [2.45, 2.75) is 23.8 Å². The highest BCUT2D eigenvalue weighted by molar-refractivity contribution is 7.99. The predicted octanol–water partition coefficient (Wildman–Crippen LogP) is 3.14. The van der Waals surface area contributed by atoms with Crippen molar-refractivity contribution in [1.82, 2.24) is 5.32 Å². The summed E-state index contributed by atoms with van der Waals surface area (Å²) in [6, 6.07) is 15.4. The number of carbonyl (C=O) groups is 1. The lowest BCUT2D eigenvalue weighted by atomic mass is 10.1. The van der Waals surface area contributed by atoms with Crippen molar-refractivity contribution in [3.8, 4) is 11.5 Å². The standard InChI is InChI=1S/C19H21NO4S/c21-16(14-6-7-17-18(12-14)24-13-23-17)8-10-20-19(22)9-11-25-15-4-2-1-3-5-15/h1-7,12,16,21H,8-11,13H2,(H,20,22). The molecule has 0 bridgehead atoms. The van der Waals surface area contributed by atoms with E-state index < -0.39 is 6.10 Å². The van der Waals surface area contributed by atoms with E-state index >= 15 is 0 Å². The van der Waals surface area contributed by atoms with Crippen LogP contribution in [0.1, 0.15) is 24.5 Å². The Labute approximate surface area is 151 Å². The van der Waals surface area contributed by atoms with Gasteiger partial charge in [-0.2, -0.15) is 0 Å². The van der Waals surface area contributed by atoms with Gasteiger partial charge in [-0.05, 0) is 36.2 Å². The number of carbonyl (C=O) groups excluding carboxylic acids is 1. The first kappa shape index (κ1) is 17.6. The highest BCUT2D eigenvalue weighted by Gasteiger charge is 2.16. The molecule has 0 spiro atoms. The van der Waals surface area contributed by atoms with Crippen molar-refractivity contribution in [2.75, 3.05) is 19.1 Å². The maximum atomic E-state index is 11.9. The summed E-state index contributed by atoms with van der Waals surface area (Å²) in [5, 5.41) is 13.1. The van der Waals surface area contributed by atoms with Crippen molar-refractivity contribution in [2.24, 2.45) is 0 Å². The van der Waals surface area contributed by atoms with Gasteiger partial charge in [-0.3, -0.25) is 4.79 Å². The molecule has 1 heterocycles. The third-order valence-corrected chi connectivity index (χ3v) is 4.88. The second-order valence-electron chi connectivity index (χ2n) is 5.68. The average molecular weight is 359 g/mol. The van der Waals surface area contributed by atoms with Crippen molar-refractivity contribution < 1.29 is 19.4 Å². The van der Waals surface area contributed by atoms with Gasteiger partial charge >= 0.3 is 0 Å². The van der Waals surface area contributed by atoms with Crippen molar-refractivity contribution in [3.63, 3.8) is 0 Å². The number of hydrogen-bond acceptors (Lipinski definition) is 5. The molecule has 2 N–H and O–H groups in total. The van der Waals surface area contributed by atoms with Crippen LogP contribution in [-0.2, 0) is 4.79 Å². The molecule has 0 fully saturated rings. The Morgan fingerprint density at radius 2 is 1.96 bits per heavy atom. The highest BCUT2D eigenvalue weighted by atomic mass is 32.2. The second-order valence-corrected chi connectivity index (χ2v) is 6.85. The molecule has 0 aromatic heterocycles. The minimum absolute atomic E-state index is 0.00122. The third kappa shape index (κ3) is 5.14. The summed E-state index contributed by atoms with van der Waals surface area (Å²) in [5.74, 6) is 2.08. The van der Waals surface area contributed by atoms with Crippen LogP contribution in [0.4, 0.5) is 0 Å². The van der Waals surface area contributed by atoms with Gasteiger partial charge in [-0.25, -0.2) is 0 Å². The summed E-state index contributed by atoms with van der Waals surface area (Å²) in [4.78, 5) is 13.0. The van der Waals surface area contributed by atoms with Gasteiger partial charge in [0.25, 0.3) is 0 Å². The number of amides is 1. The molecule has 1 aliphatic rings. The Kier molecular flexibility index (Phi) is 6.19. The molecule has 0 saturated carbocycles. The molecule has 132 valence electrons. The van der Waals surface area contributed by atoms with Crippen LogP contribution < -0.4 is 14.8 Å². The zero-order valence-corrected chi connectivity index (χ0v) is 14.6. The van der Waals surface area contributed by atoms with Gasteiger partial charge in [0, 0.05) is 23.6 Å². The van der Waals surface area contributed by atoms with Crippen LogP contribution >= 0.6 is 11.8 Å². The molecule has 6 heteroatoms. The van der Waals surface area contributed by atoms with Crippen LogP contribution in [0, 0.1) is 0 Å². The van der Waals surface area contributed by atoms with Gasteiger partial charge in [-0.15, -0.1) is 11.8 Å². The minimum atomic E-state index is -0.645. The number of fused-ring (bicyclic) bond motifs is 1. The number of nitrogens with one attached hydrogen (secondary N) is 1. The Balaban J connectivity index is 1.35. The smallest absolute Gasteiger partial charge is 0.231 e. The normalized spacial score (nSPS) is 13.5. The monoisotopic (exact) mass is 359 g/mol. The largest absolute Gasteiger partial charge is 0.454 e. The van der Waals surface area contributed by atoms with E-state index in [9.17, 15) is 9.90 Å². The Morgan fingerprint density at radius 3 is 2.80 bits per heavy atom. The van der Waals surface area contributed by atoms with E-state index in [1.165, 1.54) is 0 Å². The molecular formula is C19H21NO4S. The first-order valence-corrected chi connectivity index (χ1v) is 9.23. The molecule has 1 amide bonds. The van der Waals surface area contributed by atoms with Crippen molar-refractivity contribution in [3.05, 3.63) is 54.1 Å². The van der Waals surface area contributed by atoms with Gasteiger partial charge < -0.3 is 19.9 Å². The minimum Gasteiger partial charge on any atom is -0.454 e. The highest BCUT2D eigenvalue weighted by Crippen LogP contribution is 2.34. The van der Waals surface area contributed by atoms with E-state index in [1.54, 1.807) is 23.9 Å². The van der Waals surface area contributed by atoms with Gasteiger partial charge in [0.05, 0.1) is 6.10 Å². The number of hydrogen-bond donors (Lipinski definition) is 2. The maximum absolute atomic E-state index is 11.9. The summed E-state index contributed by atoms with van der Waals surface area (Å²) in [6.45, 7) is 0.649. The van der Waals surface area contributed by atoms with E-state index in [-0.39, 0.29) is 12.7 Å². The Morgan fingerprint density at radius 1 is 1.16 bits per heavy atom. The summed E-state index contributed by atoms with van der Waals surface area (Å²) in [7, 11) is 0. The van der Waals surface area contributed by atoms with E-state index in [0.29, 0.717) is 30.9 Å². The van der Waals surface area contributed by atoms with Crippen LogP contribution in [0.5, 0.6) is 11.5 Å². The first-order chi connectivity index (χ1) is 12.2. The second kappa shape index (κ2) is 8.78. The molecule has 5 nitrogen and oxygen atoms in total. The molecular weight excluding hydrogens is 338 g/mol. The summed E-state index contributed by atoms with van der Waals surface area (Å²) >= 11 is 1.66. The molecule has 3 rings (SSSR count). The molecule has 0 radical (unpaired) electrons. The van der Waals surface area contributed by atoms with Crippen molar-refractivity contribution in [1.29, 1.82) is 0 Å². The number of benzene rings is 2. The van der Waals surface area contributed by atoms with Crippen LogP contribution in [0.2, 0.25) is 0 Å². The van der Waals surface area contributed by atoms with Crippen molar-refractivity contribution >= 4 is 17.7 Å². The van der Waals surface area contributed by atoms with Gasteiger partial charge in [0.1, 0.15) is 0 Å². The fourth-order valence-electron chi connectivity index (χ4n) is 2.50. The molecule has 1 aliphatic heterocycles. The molecule has 0 saturated heterocycles. The van der Waals surface area contributed by atoms with Crippen LogP contribution in [-0.4, -0.2) is 30.1 Å². The van der Waals surface area contributed by atoms with Gasteiger partial charge in [0.2, 0.25) is 12.7 Å². The average Bonchev–Trinajstić information content (AvgIpc) is 3.10. The number of aliphatic hydroxyl groups is 1. The zero-order chi connectivity index (χ0) is 17.5. The Hall–Kier alpha value is -2.18. The lowest BCUT2D eigenvalue weighted by molar-refractivity contribution is -0.120. The summed E-state index contributed by atoms with van der Waals surface area (Å²) < 4.78 is 10.6. The molecule has 25 heavy (non-hydrogen) atoms. The van der Waals surface area contributed by atoms with E-state index in [2.05, 4.69) is 5.32 Å². The number of aliphatic hydroxyl groups excluding tert-OH is 1. The SMILES string of the molecule is O=C(CCSc1ccccc1)NCCC(O)c1ccc2c(c1)OCO2. The molecule has 2 aromatic carbocycles. The number of thioether (sulfide) groups is 1. The van der Waals surface area contributed by atoms with Crippen LogP contribution in [0.15, 0.2) is 53.4 Å². The van der Waals surface area contributed by atoms with Gasteiger partial charge in [-0.1, -0.05) is 24.3 Å². The fraction of sp³-hybridized carbons (Fsp3) is 0.316. The number of ether oxygens (including phenoxy) is 2. The lowest BCUT2D eigenvalue weighted by Gasteiger charge is -2.12. The summed E-state index contributed by atoms with van der Waals surface area (Å²) in [6.07, 6.45) is 0.269. The number of rotatable bonds is 8. The predicted molar refractivity (Wildman–Crippen MR) is 96.9 cm³/mol. The molecule has 1 atom stereocenters. The van der Waals surface area contributed by atoms with Crippen LogP contribution in [0.25, 0.3) is 0 Å². The topological polar surface area (TPSA) is 67.8 Å². The maximum Gasteiger partial charge on any atom is 0.231 e. The Bertz CT molecular complexity index is 708. The zero-order valence-electron chi connectivity index (χ0n) is 13.8. The third-order valence-electron chi connectivity index (χ3n) is 3.86. The first-order valence-electron chi connectivity index (χ1n) is 8.24. The van der Waals surface area contributed by atoms with E-state index in [4.69, 9.17) is 9.47 Å². The van der Waals surface area contributed by atoms with E-state index in [1.807, 2.05) is 36.4 Å². The lowest BCUT2D eigenvalue weighted by Crippen LogP contribution is -2.25. The molecule has 0 aliphatic carbocycles. The molecule has 2 aromatic rings. The van der Waals surface area contributed by atoms with Crippen LogP contribution in [0.3, 0.4) is 0 Å². The fourth-order valence-corrected chi connectivity index (χ4v) is 3.37.